The zero-order valence-corrected chi connectivity index (χ0v) is 14.8. The monoisotopic (exact) mass is 342 g/mol. The van der Waals surface area contributed by atoms with Crippen LogP contribution in [-0.2, 0) is 9.59 Å². The molecule has 0 saturated heterocycles. The molecular weight excluding hydrogens is 314 g/mol. The van der Waals surface area contributed by atoms with E-state index in [1.807, 2.05) is 13.8 Å². The molecule has 0 radical (unpaired) electrons. The van der Waals surface area contributed by atoms with Crippen LogP contribution in [0.3, 0.4) is 0 Å². The summed E-state index contributed by atoms with van der Waals surface area (Å²) in [6.45, 7) is 4.32. The topological polar surface area (TPSA) is 63.4 Å². The van der Waals surface area contributed by atoms with E-state index in [1.165, 1.54) is 0 Å². The molecule has 0 aliphatic heterocycles. The number of allylic oxidation sites excluding steroid dienone is 2. The lowest BCUT2D eigenvalue weighted by molar-refractivity contribution is -0.138. The van der Waals surface area contributed by atoms with E-state index in [4.69, 9.17) is 5.73 Å². The zero-order valence-electron chi connectivity index (χ0n) is 14.8. The summed E-state index contributed by atoms with van der Waals surface area (Å²) in [5, 5.41) is 0. The Morgan fingerprint density at radius 3 is 2.46 bits per heavy atom. The highest BCUT2D eigenvalue weighted by Gasteiger charge is 2.39. The number of rotatable bonds is 4. The normalized spacial score (nSPS) is 26.8. The fourth-order valence-electron chi connectivity index (χ4n) is 3.78. The third-order valence-corrected chi connectivity index (χ3v) is 5.34. The SMILES string of the molecule is CN(CCC1C=C(N)C(=O)C(C)(C)C1)C(=O)C1CCC(F)(F)CC1. The van der Waals surface area contributed by atoms with Gasteiger partial charge in [0, 0.05) is 37.8 Å². The van der Waals surface area contributed by atoms with Crippen LogP contribution >= 0.6 is 0 Å². The molecule has 1 unspecified atom stereocenters. The van der Waals surface area contributed by atoms with Gasteiger partial charge in [0.2, 0.25) is 11.8 Å². The van der Waals surface area contributed by atoms with Crippen LogP contribution in [0.4, 0.5) is 8.78 Å². The van der Waals surface area contributed by atoms with E-state index >= 15 is 0 Å². The van der Waals surface area contributed by atoms with Crippen molar-refractivity contribution in [3.63, 3.8) is 0 Å². The largest absolute Gasteiger partial charge is 0.396 e. The van der Waals surface area contributed by atoms with Crippen LogP contribution in [0.15, 0.2) is 11.8 Å². The maximum Gasteiger partial charge on any atom is 0.248 e. The molecule has 24 heavy (non-hydrogen) atoms. The lowest BCUT2D eigenvalue weighted by Gasteiger charge is -2.33. The van der Waals surface area contributed by atoms with Crippen LogP contribution < -0.4 is 5.73 Å². The quantitative estimate of drug-likeness (QED) is 0.854. The van der Waals surface area contributed by atoms with Gasteiger partial charge < -0.3 is 10.6 Å². The van der Waals surface area contributed by atoms with Gasteiger partial charge in [-0.1, -0.05) is 19.9 Å². The number of halogens is 2. The van der Waals surface area contributed by atoms with E-state index in [1.54, 1.807) is 18.0 Å². The standard InChI is InChI=1S/C18H28F2N2O2/c1-17(2)11-12(10-14(21)15(17)23)6-9-22(3)16(24)13-4-7-18(19,20)8-5-13/h10,12-13H,4-9,11,21H2,1-3H3. The smallest absolute Gasteiger partial charge is 0.248 e. The molecule has 1 atom stereocenters. The van der Waals surface area contributed by atoms with E-state index in [0.717, 1.165) is 6.42 Å². The highest BCUT2D eigenvalue weighted by atomic mass is 19.3. The molecule has 136 valence electrons. The lowest BCUT2D eigenvalue weighted by Crippen LogP contribution is -2.39. The van der Waals surface area contributed by atoms with Gasteiger partial charge >= 0.3 is 0 Å². The van der Waals surface area contributed by atoms with Crippen LogP contribution in [0.2, 0.25) is 0 Å². The number of nitrogens with zero attached hydrogens (tertiary/aromatic N) is 1. The number of amides is 1. The van der Waals surface area contributed by atoms with E-state index in [0.29, 0.717) is 18.7 Å². The van der Waals surface area contributed by atoms with Gasteiger partial charge in [-0.05, 0) is 31.6 Å². The molecule has 0 aromatic heterocycles. The molecule has 2 aliphatic carbocycles. The first-order chi connectivity index (χ1) is 11.0. The Bertz CT molecular complexity index is 533. The molecule has 2 rings (SSSR count). The molecule has 0 heterocycles. The van der Waals surface area contributed by atoms with Crippen molar-refractivity contribution >= 4 is 11.7 Å². The zero-order chi connectivity index (χ0) is 18.1. The molecule has 2 N–H and O–H groups in total. The minimum absolute atomic E-state index is 0.0219. The van der Waals surface area contributed by atoms with Crippen LogP contribution in [0.1, 0.15) is 52.4 Å². The highest BCUT2D eigenvalue weighted by molar-refractivity contribution is 5.99. The molecule has 2 aliphatic rings. The second kappa shape index (κ2) is 6.81. The van der Waals surface area contributed by atoms with Crippen molar-refractivity contribution in [2.24, 2.45) is 23.0 Å². The van der Waals surface area contributed by atoms with Crippen molar-refractivity contribution < 1.29 is 18.4 Å². The van der Waals surface area contributed by atoms with E-state index in [2.05, 4.69) is 0 Å². The number of carbonyl (C=O) groups excluding carboxylic acids is 2. The lowest BCUT2D eigenvalue weighted by atomic mass is 9.73. The Labute approximate surface area is 142 Å². The second-order valence-electron chi connectivity index (χ2n) is 7.98. The maximum absolute atomic E-state index is 13.2. The minimum Gasteiger partial charge on any atom is -0.396 e. The van der Waals surface area contributed by atoms with Gasteiger partial charge in [0.15, 0.2) is 5.78 Å². The first-order valence-corrected chi connectivity index (χ1v) is 8.67. The Hall–Kier alpha value is -1.46. The third-order valence-electron chi connectivity index (χ3n) is 5.34. The molecule has 0 spiro atoms. The summed E-state index contributed by atoms with van der Waals surface area (Å²) in [6.07, 6.45) is 3.35. The molecule has 6 heteroatoms. The molecule has 1 fully saturated rings. The second-order valence-corrected chi connectivity index (χ2v) is 7.98. The number of Topliss-reactive ketones (excluding diaryl/α,β-unsaturated/α-hetero) is 1. The average Bonchev–Trinajstić information content (AvgIpc) is 2.49. The first-order valence-electron chi connectivity index (χ1n) is 8.67. The van der Waals surface area contributed by atoms with Crippen molar-refractivity contribution in [2.45, 2.75) is 58.3 Å². The predicted molar refractivity (Wildman–Crippen MR) is 88.3 cm³/mol. The van der Waals surface area contributed by atoms with Crippen molar-refractivity contribution in [1.82, 2.24) is 4.90 Å². The fraction of sp³-hybridized carbons (Fsp3) is 0.778. The van der Waals surface area contributed by atoms with Crippen molar-refractivity contribution in [1.29, 1.82) is 0 Å². The Kier molecular flexibility index (Phi) is 5.35. The summed E-state index contributed by atoms with van der Waals surface area (Å²) >= 11 is 0. The number of nitrogens with two attached hydrogens (primary N) is 1. The molecule has 0 aromatic carbocycles. The van der Waals surface area contributed by atoms with Gasteiger partial charge in [0.25, 0.3) is 0 Å². The number of hydrogen-bond donors (Lipinski definition) is 1. The van der Waals surface area contributed by atoms with Gasteiger partial charge in [0.05, 0.1) is 5.70 Å². The van der Waals surface area contributed by atoms with Crippen LogP contribution in [-0.4, -0.2) is 36.1 Å². The number of alkyl halides is 2. The first kappa shape index (κ1) is 18.9. The highest BCUT2D eigenvalue weighted by Crippen LogP contribution is 2.37. The van der Waals surface area contributed by atoms with E-state index in [-0.39, 0.29) is 49.2 Å². The summed E-state index contributed by atoms with van der Waals surface area (Å²) in [5.74, 6) is -2.82. The van der Waals surface area contributed by atoms with Gasteiger partial charge in [-0.3, -0.25) is 9.59 Å². The summed E-state index contributed by atoms with van der Waals surface area (Å²) in [5.41, 5.74) is 5.65. The fourth-order valence-corrected chi connectivity index (χ4v) is 3.78. The summed E-state index contributed by atoms with van der Waals surface area (Å²) in [4.78, 5) is 26.0. The minimum atomic E-state index is -2.61. The molecular formula is C18H28F2N2O2. The van der Waals surface area contributed by atoms with Crippen molar-refractivity contribution in [3.05, 3.63) is 11.8 Å². The average molecular weight is 342 g/mol. The van der Waals surface area contributed by atoms with Gasteiger partial charge in [0.1, 0.15) is 0 Å². The summed E-state index contributed by atoms with van der Waals surface area (Å²) in [7, 11) is 1.72. The van der Waals surface area contributed by atoms with Crippen LogP contribution in [0.5, 0.6) is 0 Å². The predicted octanol–water partition coefficient (Wildman–Crippen LogP) is 3.12. The molecule has 0 bridgehead atoms. The van der Waals surface area contributed by atoms with Crippen molar-refractivity contribution in [2.75, 3.05) is 13.6 Å². The number of carbonyl (C=O) groups is 2. The number of hydrogen-bond acceptors (Lipinski definition) is 3. The van der Waals surface area contributed by atoms with E-state index < -0.39 is 11.3 Å². The van der Waals surface area contributed by atoms with Gasteiger partial charge in [-0.25, -0.2) is 8.78 Å². The third kappa shape index (κ3) is 4.33. The Morgan fingerprint density at radius 1 is 1.33 bits per heavy atom. The van der Waals surface area contributed by atoms with Crippen LogP contribution in [0.25, 0.3) is 0 Å². The Balaban J connectivity index is 1.86. The van der Waals surface area contributed by atoms with Gasteiger partial charge in [-0.15, -0.1) is 0 Å². The Morgan fingerprint density at radius 2 is 1.92 bits per heavy atom. The molecule has 1 amide bonds. The summed E-state index contributed by atoms with van der Waals surface area (Å²) < 4.78 is 26.4. The number of ketones is 1. The maximum atomic E-state index is 13.2. The molecule has 0 aromatic rings. The molecule has 4 nitrogen and oxygen atoms in total. The van der Waals surface area contributed by atoms with E-state index in [9.17, 15) is 18.4 Å². The molecule has 1 saturated carbocycles. The summed E-state index contributed by atoms with van der Waals surface area (Å²) in [6, 6.07) is 0. The van der Waals surface area contributed by atoms with Gasteiger partial charge in [-0.2, -0.15) is 0 Å². The van der Waals surface area contributed by atoms with Crippen LogP contribution in [0, 0.1) is 17.3 Å². The van der Waals surface area contributed by atoms with Crippen molar-refractivity contribution in [3.8, 4) is 0 Å².